The van der Waals surface area contributed by atoms with Crippen LogP contribution in [0.5, 0.6) is 0 Å². The van der Waals surface area contributed by atoms with Gasteiger partial charge in [0, 0.05) is 35.6 Å². The summed E-state index contributed by atoms with van der Waals surface area (Å²) in [5, 5.41) is 20.6. The van der Waals surface area contributed by atoms with Crippen LogP contribution in [0.4, 0.5) is 17.1 Å². The van der Waals surface area contributed by atoms with Gasteiger partial charge in [-0.05, 0) is 30.7 Å². The van der Waals surface area contributed by atoms with E-state index in [9.17, 15) is 20.2 Å². The van der Waals surface area contributed by atoms with Gasteiger partial charge in [0.1, 0.15) is 11.6 Å². The van der Waals surface area contributed by atoms with Gasteiger partial charge >= 0.3 is 0 Å². The summed E-state index contributed by atoms with van der Waals surface area (Å²) in [6.45, 7) is 4.50. The number of fused-ring (bicyclic) bond motifs is 3. The third kappa shape index (κ3) is 2.95. The van der Waals surface area contributed by atoms with Gasteiger partial charge in [0.2, 0.25) is 0 Å². The summed E-state index contributed by atoms with van der Waals surface area (Å²) in [6.07, 6.45) is 4.34. The molecule has 0 aliphatic carbocycles. The molecule has 0 spiro atoms. The fraction of sp³-hybridized carbons (Fsp3) is 0.182. The molecular formula is C22H18N4O3. The van der Waals surface area contributed by atoms with E-state index in [0.29, 0.717) is 12.2 Å². The Morgan fingerprint density at radius 1 is 1.21 bits per heavy atom. The van der Waals surface area contributed by atoms with E-state index in [2.05, 4.69) is 11.5 Å². The minimum Gasteiger partial charge on any atom is -0.362 e. The van der Waals surface area contributed by atoms with E-state index in [1.54, 1.807) is 23.1 Å². The van der Waals surface area contributed by atoms with Crippen molar-refractivity contribution in [2.75, 3.05) is 16.3 Å². The van der Waals surface area contributed by atoms with E-state index in [-0.39, 0.29) is 23.3 Å². The van der Waals surface area contributed by atoms with Gasteiger partial charge in [-0.3, -0.25) is 19.8 Å². The van der Waals surface area contributed by atoms with E-state index >= 15 is 0 Å². The van der Waals surface area contributed by atoms with E-state index in [1.165, 1.54) is 12.1 Å². The summed E-state index contributed by atoms with van der Waals surface area (Å²) in [5.41, 5.74) is 2.55. The molecule has 2 atom stereocenters. The SMILES string of the molecule is C=CCCN1c2ccccc2C2C1C=C(C#N)C(=O)N2c1ccc([N+](=O)[O-])cc1. The lowest BCUT2D eigenvalue weighted by molar-refractivity contribution is -0.384. The van der Waals surface area contributed by atoms with Gasteiger partial charge in [0.25, 0.3) is 11.6 Å². The number of nitriles is 1. The van der Waals surface area contributed by atoms with Gasteiger partial charge < -0.3 is 4.90 Å². The highest BCUT2D eigenvalue weighted by atomic mass is 16.6. The second-order valence-corrected chi connectivity index (χ2v) is 6.91. The Hall–Kier alpha value is -3.92. The Balaban J connectivity index is 1.85. The number of amides is 1. The smallest absolute Gasteiger partial charge is 0.269 e. The molecular weight excluding hydrogens is 368 g/mol. The van der Waals surface area contributed by atoms with Crippen LogP contribution in [0.25, 0.3) is 0 Å². The number of benzene rings is 2. The van der Waals surface area contributed by atoms with Crippen molar-refractivity contribution in [2.45, 2.75) is 18.5 Å². The van der Waals surface area contributed by atoms with Crippen molar-refractivity contribution < 1.29 is 9.72 Å². The average molecular weight is 386 g/mol. The van der Waals surface area contributed by atoms with Crippen LogP contribution in [0.15, 0.2) is 72.8 Å². The van der Waals surface area contributed by atoms with E-state index in [4.69, 9.17) is 0 Å². The molecule has 2 aliphatic rings. The Bertz CT molecular complexity index is 1070. The van der Waals surface area contributed by atoms with Crippen molar-refractivity contribution in [3.63, 3.8) is 0 Å². The Morgan fingerprint density at radius 3 is 2.59 bits per heavy atom. The fourth-order valence-corrected chi connectivity index (χ4v) is 4.08. The first-order valence-corrected chi connectivity index (χ1v) is 9.23. The number of nitro groups is 1. The number of rotatable bonds is 5. The molecule has 4 rings (SSSR count). The van der Waals surface area contributed by atoms with Gasteiger partial charge in [-0.1, -0.05) is 24.3 Å². The van der Waals surface area contributed by atoms with Crippen LogP contribution in [0.3, 0.4) is 0 Å². The van der Waals surface area contributed by atoms with Crippen LogP contribution in [-0.2, 0) is 4.79 Å². The lowest BCUT2D eigenvalue weighted by atomic mass is 9.93. The summed E-state index contributed by atoms with van der Waals surface area (Å²) >= 11 is 0. The standard InChI is InChI=1S/C22H18N4O3/c1-2-3-12-24-19-7-5-4-6-18(19)21-20(24)13-15(14-23)22(27)25(21)16-8-10-17(11-9-16)26(28)29/h2,4-11,13,20-21H,1,3,12H2. The molecule has 0 radical (unpaired) electrons. The second-order valence-electron chi connectivity index (χ2n) is 6.91. The highest BCUT2D eigenvalue weighted by Crippen LogP contribution is 2.47. The third-order valence-electron chi connectivity index (χ3n) is 5.35. The number of anilines is 2. The van der Waals surface area contributed by atoms with Crippen molar-refractivity contribution in [2.24, 2.45) is 0 Å². The maximum Gasteiger partial charge on any atom is 0.269 e. The molecule has 1 amide bonds. The molecule has 0 N–H and O–H groups in total. The van der Waals surface area contributed by atoms with Crippen LogP contribution in [-0.4, -0.2) is 23.4 Å². The normalized spacial score (nSPS) is 19.8. The molecule has 0 saturated heterocycles. The average Bonchev–Trinajstić information content (AvgIpc) is 3.05. The molecule has 0 fully saturated rings. The van der Waals surface area contributed by atoms with Gasteiger partial charge in [0.05, 0.1) is 17.0 Å². The minimum atomic E-state index is -0.479. The van der Waals surface area contributed by atoms with Gasteiger partial charge in [-0.2, -0.15) is 5.26 Å². The summed E-state index contributed by atoms with van der Waals surface area (Å²) in [4.78, 5) is 27.4. The number of nitrogens with zero attached hydrogens (tertiary/aromatic N) is 4. The summed E-state index contributed by atoms with van der Waals surface area (Å²) in [5.74, 6) is -0.400. The highest BCUT2D eigenvalue weighted by molar-refractivity contribution is 6.10. The molecule has 2 aromatic carbocycles. The predicted molar refractivity (Wildman–Crippen MR) is 109 cm³/mol. The number of carbonyl (C=O) groups is 1. The molecule has 2 aromatic rings. The molecule has 0 aromatic heterocycles. The lowest BCUT2D eigenvalue weighted by Gasteiger charge is -2.38. The minimum absolute atomic E-state index is 0.0507. The van der Waals surface area contributed by atoms with Crippen molar-refractivity contribution in [1.82, 2.24) is 0 Å². The molecule has 7 heteroatoms. The number of non-ortho nitro benzene ring substituents is 1. The summed E-state index contributed by atoms with van der Waals surface area (Å²) in [7, 11) is 0. The molecule has 144 valence electrons. The maximum absolute atomic E-state index is 13.1. The Kier molecular flexibility index (Phi) is 4.61. The number of hydrogen-bond donors (Lipinski definition) is 0. The number of hydrogen-bond acceptors (Lipinski definition) is 5. The molecule has 0 bridgehead atoms. The van der Waals surface area contributed by atoms with Crippen LogP contribution in [0.2, 0.25) is 0 Å². The van der Waals surface area contributed by atoms with Gasteiger partial charge in [-0.15, -0.1) is 6.58 Å². The molecule has 2 heterocycles. The van der Waals surface area contributed by atoms with Crippen LogP contribution < -0.4 is 9.80 Å². The number of carbonyl (C=O) groups excluding carboxylic acids is 1. The van der Waals surface area contributed by atoms with Crippen LogP contribution in [0, 0.1) is 21.4 Å². The molecule has 7 nitrogen and oxygen atoms in total. The highest BCUT2D eigenvalue weighted by Gasteiger charge is 2.46. The first-order valence-electron chi connectivity index (χ1n) is 9.23. The van der Waals surface area contributed by atoms with Gasteiger partial charge in [0.15, 0.2) is 0 Å². The van der Waals surface area contributed by atoms with Crippen molar-refractivity contribution in [3.8, 4) is 6.07 Å². The summed E-state index contributed by atoms with van der Waals surface area (Å²) < 4.78 is 0. The monoisotopic (exact) mass is 386 g/mol. The zero-order valence-electron chi connectivity index (χ0n) is 15.6. The maximum atomic E-state index is 13.1. The quantitative estimate of drug-likeness (QED) is 0.442. The summed E-state index contributed by atoms with van der Waals surface area (Å²) in [6, 6.07) is 15.2. The second kappa shape index (κ2) is 7.24. The topological polar surface area (TPSA) is 90.5 Å². The number of para-hydroxylation sites is 1. The van der Waals surface area contributed by atoms with E-state index in [1.807, 2.05) is 36.4 Å². The number of nitro benzene ring substituents is 1. The van der Waals surface area contributed by atoms with Crippen molar-refractivity contribution in [3.05, 3.63) is 88.5 Å². The van der Waals surface area contributed by atoms with Crippen LogP contribution >= 0.6 is 0 Å². The Morgan fingerprint density at radius 2 is 1.93 bits per heavy atom. The first-order chi connectivity index (χ1) is 14.1. The lowest BCUT2D eigenvalue weighted by Crippen LogP contribution is -2.48. The molecule has 2 aliphatic heterocycles. The van der Waals surface area contributed by atoms with Crippen molar-refractivity contribution >= 4 is 23.0 Å². The first kappa shape index (κ1) is 18.4. The largest absolute Gasteiger partial charge is 0.362 e. The van der Waals surface area contributed by atoms with Crippen LogP contribution in [0.1, 0.15) is 18.0 Å². The van der Waals surface area contributed by atoms with E-state index in [0.717, 1.165) is 17.7 Å². The zero-order valence-corrected chi connectivity index (χ0v) is 15.6. The fourth-order valence-electron chi connectivity index (χ4n) is 4.08. The zero-order chi connectivity index (χ0) is 20.5. The van der Waals surface area contributed by atoms with Gasteiger partial charge in [-0.25, -0.2) is 0 Å². The Labute approximate surface area is 167 Å². The molecule has 29 heavy (non-hydrogen) atoms. The predicted octanol–water partition coefficient (Wildman–Crippen LogP) is 3.90. The third-order valence-corrected chi connectivity index (χ3v) is 5.35. The van der Waals surface area contributed by atoms with E-state index < -0.39 is 10.8 Å². The molecule has 0 saturated carbocycles. The molecule has 2 unspecified atom stereocenters. The van der Waals surface area contributed by atoms with Crippen molar-refractivity contribution in [1.29, 1.82) is 5.26 Å².